The molecule has 1 aliphatic heterocycles. The Morgan fingerprint density at radius 1 is 1.12 bits per heavy atom. The predicted octanol–water partition coefficient (Wildman–Crippen LogP) is 0.355. The van der Waals surface area contributed by atoms with E-state index < -0.39 is 10.6 Å². The molecular formula is C4H10NO2S. The first-order valence-electron chi connectivity index (χ1n) is 2.57. The zero-order chi connectivity index (χ0) is 6.04. The first-order valence-corrected chi connectivity index (χ1v) is 4.46. The van der Waals surface area contributed by atoms with E-state index in [1.165, 1.54) is 0 Å². The summed E-state index contributed by atoms with van der Waals surface area (Å²) in [5, 5.41) is 3.97. The lowest BCUT2D eigenvalue weighted by Gasteiger charge is -2.35. The zero-order valence-corrected chi connectivity index (χ0v) is 5.39. The lowest BCUT2D eigenvalue weighted by molar-refractivity contribution is 0.471. The third-order valence-electron chi connectivity index (χ3n) is 1.15. The van der Waals surface area contributed by atoms with Crippen LogP contribution in [0.5, 0.6) is 0 Å². The standard InChI is InChI=1S/C4H10NO2S/c6-8(7)3-1-5-2-4-8/h6-7H,1-4H2. The van der Waals surface area contributed by atoms with Crippen LogP contribution in [0.25, 0.3) is 0 Å². The van der Waals surface area contributed by atoms with Crippen molar-refractivity contribution in [3.63, 3.8) is 0 Å². The molecule has 0 saturated carbocycles. The van der Waals surface area contributed by atoms with Crippen LogP contribution in [0.2, 0.25) is 0 Å². The van der Waals surface area contributed by atoms with Gasteiger partial charge in [-0.15, -0.1) is 0 Å². The molecule has 2 N–H and O–H groups in total. The van der Waals surface area contributed by atoms with E-state index in [0.29, 0.717) is 24.6 Å². The Kier molecular flexibility index (Phi) is 1.77. The van der Waals surface area contributed by atoms with E-state index in [9.17, 15) is 0 Å². The van der Waals surface area contributed by atoms with E-state index in [0.717, 1.165) is 0 Å². The Labute approximate surface area is 50.4 Å². The molecule has 4 heteroatoms. The van der Waals surface area contributed by atoms with E-state index in [1.54, 1.807) is 0 Å². The van der Waals surface area contributed by atoms with Crippen molar-refractivity contribution in [2.75, 3.05) is 24.6 Å². The number of hydrogen-bond donors (Lipinski definition) is 2. The van der Waals surface area contributed by atoms with Crippen molar-refractivity contribution in [1.82, 2.24) is 5.32 Å². The Hall–Kier alpha value is 0.230. The lowest BCUT2D eigenvalue weighted by atomic mass is 10.6. The van der Waals surface area contributed by atoms with Gasteiger partial charge in [0.2, 0.25) is 0 Å². The Morgan fingerprint density at radius 2 is 1.62 bits per heavy atom. The van der Waals surface area contributed by atoms with Gasteiger partial charge in [-0.2, -0.15) is 10.6 Å². The topological polar surface area (TPSA) is 54.6 Å². The Balaban J connectivity index is 2.33. The molecule has 0 aliphatic carbocycles. The summed E-state index contributed by atoms with van der Waals surface area (Å²) >= 11 is 0. The van der Waals surface area contributed by atoms with Gasteiger partial charge in [0.05, 0.1) is 11.5 Å². The summed E-state index contributed by atoms with van der Waals surface area (Å²) in [7, 11) is -2.18. The van der Waals surface area contributed by atoms with E-state index in [-0.39, 0.29) is 0 Å². The molecule has 0 atom stereocenters. The molecule has 1 heterocycles. The van der Waals surface area contributed by atoms with Crippen LogP contribution in [-0.2, 0) is 0 Å². The molecule has 3 nitrogen and oxygen atoms in total. The van der Waals surface area contributed by atoms with Crippen molar-refractivity contribution >= 4 is 10.6 Å². The van der Waals surface area contributed by atoms with Crippen LogP contribution in [0.15, 0.2) is 0 Å². The monoisotopic (exact) mass is 136 g/mol. The minimum absolute atomic E-state index is 0.479. The summed E-state index contributed by atoms with van der Waals surface area (Å²) < 4.78 is 17.9. The van der Waals surface area contributed by atoms with Gasteiger partial charge in [0.1, 0.15) is 0 Å². The van der Waals surface area contributed by atoms with Crippen molar-refractivity contribution in [3.05, 3.63) is 0 Å². The van der Waals surface area contributed by atoms with Gasteiger partial charge in [0.25, 0.3) is 0 Å². The second-order valence-corrected chi connectivity index (χ2v) is 4.30. The van der Waals surface area contributed by atoms with Crippen molar-refractivity contribution in [1.29, 1.82) is 0 Å². The number of nitrogens with zero attached hydrogens (tertiary/aromatic N) is 1. The second kappa shape index (κ2) is 2.23. The minimum Gasteiger partial charge on any atom is -0.299 e. The molecule has 0 aromatic heterocycles. The van der Waals surface area contributed by atoms with Gasteiger partial charge in [-0.1, -0.05) is 0 Å². The minimum atomic E-state index is -2.18. The SMILES string of the molecule is OS1(O)CC[N]CC1. The van der Waals surface area contributed by atoms with E-state index in [2.05, 4.69) is 5.32 Å². The molecule has 0 amide bonds. The van der Waals surface area contributed by atoms with Crippen LogP contribution < -0.4 is 5.32 Å². The molecule has 8 heavy (non-hydrogen) atoms. The summed E-state index contributed by atoms with van der Waals surface area (Å²) in [5.74, 6) is 0.958. The smallest absolute Gasteiger partial charge is 0.0516 e. The van der Waals surface area contributed by atoms with Crippen molar-refractivity contribution < 1.29 is 9.11 Å². The van der Waals surface area contributed by atoms with Crippen molar-refractivity contribution in [3.8, 4) is 0 Å². The third kappa shape index (κ3) is 1.63. The number of hydrogen-bond acceptors (Lipinski definition) is 2. The average molecular weight is 136 g/mol. The highest BCUT2D eigenvalue weighted by Gasteiger charge is 2.15. The van der Waals surface area contributed by atoms with Crippen LogP contribution in [0.1, 0.15) is 0 Å². The molecule has 0 aromatic rings. The third-order valence-corrected chi connectivity index (χ3v) is 2.83. The van der Waals surface area contributed by atoms with E-state index in [4.69, 9.17) is 9.11 Å². The maximum Gasteiger partial charge on any atom is 0.0516 e. The van der Waals surface area contributed by atoms with Crippen LogP contribution in [-0.4, -0.2) is 33.7 Å². The predicted molar refractivity (Wildman–Crippen MR) is 34.5 cm³/mol. The molecule has 0 bridgehead atoms. The average Bonchev–Trinajstić information content (AvgIpc) is 1.65. The van der Waals surface area contributed by atoms with Gasteiger partial charge in [-0.05, 0) is 0 Å². The molecule has 0 spiro atoms. The highest BCUT2D eigenvalue weighted by atomic mass is 32.3. The molecule has 49 valence electrons. The quantitative estimate of drug-likeness (QED) is 0.505. The fraction of sp³-hybridized carbons (Fsp3) is 1.00. The molecule has 1 fully saturated rings. The normalized spacial score (nSPS) is 31.8. The van der Waals surface area contributed by atoms with E-state index >= 15 is 0 Å². The molecule has 0 unspecified atom stereocenters. The van der Waals surface area contributed by atoms with Crippen LogP contribution in [0.4, 0.5) is 0 Å². The molecule has 0 aromatic carbocycles. The van der Waals surface area contributed by atoms with Gasteiger partial charge in [0.15, 0.2) is 0 Å². The molecule has 1 aliphatic rings. The van der Waals surface area contributed by atoms with E-state index in [1.807, 2.05) is 0 Å². The summed E-state index contributed by atoms with van der Waals surface area (Å²) in [6.45, 7) is 1.25. The second-order valence-electron chi connectivity index (χ2n) is 1.88. The van der Waals surface area contributed by atoms with Crippen LogP contribution in [0.3, 0.4) is 0 Å². The molecule has 1 radical (unpaired) electrons. The van der Waals surface area contributed by atoms with Crippen molar-refractivity contribution in [2.45, 2.75) is 0 Å². The summed E-state index contributed by atoms with van der Waals surface area (Å²) in [6, 6.07) is 0. The van der Waals surface area contributed by atoms with Gasteiger partial charge >= 0.3 is 0 Å². The molecular weight excluding hydrogens is 126 g/mol. The van der Waals surface area contributed by atoms with Gasteiger partial charge in [-0.25, -0.2) is 5.32 Å². The van der Waals surface area contributed by atoms with Crippen molar-refractivity contribution in [2.24, 2.45) is 0 Å². The van der Waals surface area contributed by atoms with Crippen LogP contribution >= 0.6 is 10.6 Å². The maximum absolute atomic E-state index is 8.95. The lowest BCUT2D eigenvalue weighted by Crippen LogP contribution is -2.28. The zero-order valence-electron chi connectivity index (χ0n) is 4.58. The highest BCUT2D eigenvalue weighted by molar-refractivity contribution is 8.24. The largest absolute Gasteiger partial charge is 0.299 e. The fourth-order valence-corrected chi connectivity index (χ4v) is 1.68. The highest BCUT2D eigenvalue weighted by Crippen LogP contribution is 2.38. The Morgan fingerprint density at radius 3 is 1.88 bits per heavy atom. The summed E-state index contributed by atoms with van der Waals surface area (Å²) in [5.41, 5.74) is 0. The van der Waals surface area contributed by atoms with Gasteiger partial charge in [-0.3, -0.25) is 9.11 Å². The van der Waals surface area contributed by atoms with Gasteiger partial charge < -0.3 is 0 Å². The Bertz CT molecular complexity index is 78.1. The first kappa shape index (κ1) is 6.35. The molecule has 1 saturated heterocycles. The fourth-order valence-electron chi connectivity index (χ4n) is 0.635. The van der Waals surface area contributed by atoms with Gasteiger partial charge in [0, 0.05) is 13.1 Å². The number of rotatable bonds is 0. The molecule has 1 rings (SSSR count). The van der Waals surface area contributed by atoms with Crippen LogP contribution in [0, 0.1) is 0 Å². The first-order chi connectivity index (χ1) is 3.71. The summed E-state index contributed by atoms with van der Waals surface area (Å²) in [4.78, 5) is 0. The maximum atomic E-state index is 8.95. The summed E-state index contributed by atoms with van der Waals surface area (Å²) in [6.07, 6.45) is 0.